The first-order valence-electron chi connectivity index (χ1n) is 6.52. The summed E-state index contributed by atoms with van der Waals surface area (Å²) in [6.45, 7) is 5.56. The van der Waals surface area contributed by atoms with Crippen LogP contribution in [0, 0.1) is 11.3 Å². The second-order valence-corrected chi connectivity index (χ2v) is 7.08. The summed E-state index contributed by atoms with van der Waals surface area (Å²) in [6.07, 6.45) is 3.47. The Labute approximate surface area is 118 Å². The van der Waals surface area contributed by atoms with Crippen LogP contribution in [0.2, 0.25) is 10.0 Å². The summed E-state index contributed by atoms with van der Waals surface area (Å²) in [5.41, 5.74) is 1.60. The van der Waals surface area contributed by atoms with E-state index >= 15 is 0 Å². The summed E-state index contributed by atoms with van der Waals surface area (Å²) in [4.78, 5) is 0. The predicted octanol–water partition coefficient (Wildman–Crippen LogP) is 4.74. The van der Waals surface area contributed by atoms with E-state index in [0.717, 1.165) is 18.1 Å². The maximum Gasteiger partial charge on any atom is 0.0998 e. The Morgan fingerprint density at radius 1 is 1.33 bits per heavy atom. The number of halogens is 2. The van der Waals surface area contributed by atoms with Gasteiger partial charge in [-0.05, 0) is 48.3 Å². The van der Waals surface area contributed by atoms with Crippen LogP contribution in [-0.4, -0.2) is 12.2 Å². The zero-order valence-corrected chi connectivity index (χ0v) is 12.3. The van der Waals surface area contributed by atoms with Gasteiger partial charge in [0.05, 0.1) is 12.2 Å². The van der Waals surface area contributed by atoms with Gasteiger partial charge in [-0.15, -0.1) is 0 Å². The molecule has 2 atom stereocenters. The Morgan fingerprint density at radius 2 is 2.06 bits per heavy atom. The molecule has 0 N–H and O–H groups in total. The molecule has 1 saturated heterocycles. The molecule has 1 spiro atoms. The minimum atomic E-state index is 0.107. The molecule has 2 aliphatic rings. The van der Waals surface area contributed by atoms with Crippen molar-refractivity contribution < 1.29 is 4.74 Å². The van der Waals surface area contributed by atoms with Crippen molar-refractivity contribution in [2.24, 2.45) is 11.3 Å². The second-order valence-electron chi connectivity index (χ2n) is 6.24. The SMILES string of the molecule is CC1(C)CCC(Cc2ccc(Cl)cc2Cl)C12CO2. The van der Waals surface area contributed by atoms with E-state index in [2.05, 4.69) is 13.8 Å². The third kappa shape index (κ3) is 1.88. The molecule has 0 aromatic heterocycles. The summed E-state index contributed by atoms with van der Waals surface area (Å²) >= 11 is 12.2. The van der Waals surface area contributed by atoms with Crippen molar-refractivity contribution in [2.45, 2.75) is 38.7 Å². The number of benzene rings is 1. The van der Waals surface area contributed by atoms with Crippen molar-refractivity contribution in [3.63, 3.8) is 0 Å². The smallest absolute Gasteiger partial charge is 0.0998 e. The standard InChI is InChI=1S/C15H18Cl2O/c1-14(2)6-5-11(15(14)9-18-15)7-10-3-4-12(16)8-13(10)17/h3-4,8,11H,5-7,9H2,1-2H3. The minimum Gasteiger partial charge on any atom is -0.369 e. The average molecular weight is 285 g/mol. The minimum absolute atomic E-state index is 0.107. The Morgan fingerprint density at radius 3 is 2.67 bits per heavy atom. The van der Waals surface area contributed by atoms with Crippen LogP contribution in [-0.2, 0) is 11.2 Å². The Hall–Kier alpha value is -0.240. The summed E-state index contributed by atoms with van der Waals surface area (Å²) < 4.78 is 5.85. The van der Waals surface area contributed by atoms with E-state index in [0.29, 0.717) is 16.4 Å². The summed E-state index contributed by atoms with van der Waals surface area (Å²) in [5, 5.41) is 1.48. The van der Waals surface area contributed by atoms with E-state index in [4.69, 9.17) is 27.9 Å². The summed E-state index contributed by atoms with van der Waals surface area (Å²) in [5.74, 6) is 0.589. The van der Waals surface area contributed by atoms with Crippen LogP contribution in [0.25, 0.3) is 0 Å². The fourth-order valence-electron chi connectivity index (χ4n) is 3.46. The average Bonchev–Trinajstić information content (AvgIpc) is 3.04. The fraction of sp³-hybridized carbons (Fsp3) is 0.600. The molecule has 3 rings (SSSR count). The first kappa shape index (κ1) is 12.8. The van der Waals surface area contributed by atoms with Crippen LogP contribution in [0.15, 0.2) is 18.2 Å². The van der Waals surface area contributed by atoms with Crippen molar-refractivity contribution in [1.82, 2.24) is 0 Å². The molecule has 0 bridgehead atoms. The van der Waals surface area contributed by atoms with Crippen molar-refractivity contribution >= 4 is 23.2 Å². The molecule has 1 heterocycles. The Bertz CT molecular complexity index is 477. The number of hydrogen-bond acceptors (Lipinski definition) is 1. The lowest BCUT2D eigenvalue weighted by Crippen LogP contribution is -2.33. The fourth-order valence-corrected chi connectivity index (χ4v) is 3.94. The maximum absolute atomic E-state index is 6.27. The zero-order valence-electron chi connectivity index (χ0n) is 10.8. The predicted molar refractivity (Wildman–Crippen MR) is 75.4 cm³/mol. The maximum atomic E-state index is 6.27. The molecule has 3 heteroatoms. The van der Waals surface area contributed by atoms with Gasteiger partial charge in [-0.3, -0.25) is 0 Å². The normalized spacial score (nSPS) is 33.0. The van der Waals surface area contributed by atoms with Gasteiger partial charge in [-0.1, -0.05) is 43.1 Å². The molecule has 0 amide bonds. The number of rotatable bonds is 2. The molecule has 1 aromatic carbocycles. The second kappa shape index (κ2) is 4.13. The highest BCUT2D eigenvalue weighted by Gasteiger charge is 2.64. The largest absolute Gasteiger partial charge is 0.369 e. The monoisotopic (exact) mass is 284 g/mol. The van der Waals surface area contributed by atoms with Gasteiger partial charge in [-0.25, -0.2) is 0 Å². The lowest BCUT2D eigenvalue weighted by molar-refractivity contribution is 0.136. The molecule has 1 aliphatic heterocycles. The van der Waals surface area contributed by atoms with Crippen LogP contribution in [0.4, 0.5) is 0 Å². The highest BCUT2D eigenvalue weighted by atomic mass is 35.5. The van der Waals surface area contributed by atoms with Crippen LogP contribution >= 0.6 is 23.2 Å². The van der Waals surface area contributed by atoms with Crippen molar-refractivity contribution in [3.05, 3.63) is 33.8 Å². The molecule has 18 heavy (non-hydrogen) atoms. The van der Waals surface area contributed by atoms with Crippen LogP contribution in [0.3, 0.4) is 0 Å². The quantitative estimate of drug-likeness (QED) is 0.715. The van der Waals surface area contributed by atoms with Crippen LogP contribution in [0.1, 0.15) is 32.3 Å². The highest BCUT2D eigenvalue weighted by molar-refractivity contribution is 6.35. The van der Waals surface area contributed by atoms with Gasteiger partial charge in [0, 0.05) is 10.0 Å². The van der Waals surface area contributed by atoms with E-state index in [-0.39, 0.29) is 5.60 Å². The van der Waals surface area contributed by atoms with Gasteiger partial charge in [0.25, 0.3) is 0 Å². The molecule has 98 valence electrons. The lowest BCUT2D eigenvalue weighted by Gasteiger charge is -2.27. The van der Waals surface area contributed by atoms with E-state index < -0.39 is 0 Å². The van der Waals surface area contributed by atoms with E-state index in [9.17, 15) is 0 Å². The van der Waals surface area contributed by atoms with Gasteiger partial charge < -0.3 is 4.74 Å². The van der Waals surface area contributed by atoms with Gasteiger partial charge in [0.1, 0.15) is 0 Å². The van der Waals surface area contributed by atoms with Crippen molar-refractivity contribution in [2.75, 3.05) is 6.61 Å². The third-order valence-electron chi connectivity index (χ3n) is 4.86. The molecule has 1 saturated carbocycles. The van der Waals surface area contributed by atoms with Gasteiger partial charge in [0.15, 0.2) is 0 Å². The van der Waals surface area contributed by atoms with Gasteiger partial charge in [-0.2, -0.15) is 0 Å². The van der Waals surface area contributed by atoms with Gasteiger partial charge >= 0.3 is 0 Å². The van der Waals surface area contributed by atoms with E-state index in [1.165, 1.54) is 18.4 Å². The van der Waals surface area contributed by atoms with Crippen molar-refractivity contribution in [1.29, 1.82) is 0 Å². The number of epoxide rings is 1. The third-order valence-corrected chi connectivity index (χ3v) is 5.45. The first-order valence-corrected chi connectivity index (χ1v) is 7.28. The Balaban J connectivity index is 1.82. The molecular weight excluding hydrogens is 267 g/mol. The zero-order chi connectivity index (χ0) is 13.0. The highest BCUT2D eigenvalue weighted by Crippen LogP contribution is 2.60. The van der Waals surface area contributed by atoms with Crippen LogP contribution in [0.5, 0.6) is 0 Å². The summed E-state index contributed by atoms with van der Waals surface area (Å²) in [6, 6.07) is 5.80. The molecule has 1 aliphatic carbocycles. The molecule has 1 aromatic rings. The number of ether oxygens (including phenoxy) is 1. The van der Waals surface area contributed by atoms with Crippen LogP contribution < -0.4 is 0 Å². The van der Waals surface area contributed by atoms with Crippen molar-refractivity contribution in [3.8, 4) is 0 Å². The lowest BCUT2D eigenvalue weighted by atomic mass is 9.77. The van der Waals surface area contributed by atoms with Gasteiger partial charge in [0.2, 0.25) is 0 Å². The molecular formula is C15H18Cl2O. The Kier molecular flexibility index (Phi) is 2.93. The molecule has 2 fully saturated rings. The first-order chi connectivity index (χ1) is 8.45. The topological polar surface area (TPSA) is 12.5 Å². The van der Waals surface area contributed by atoms with E-state index in [1.807, 2.05) is 18.2 Å². The summed E-state index contributed by atoms with van der Waals surface area (Å²) in [7, 11) is 0. The molecule has 1 nitrogen and oxygen atoms in total. The molecule has 2 unspecified atom stereocenters. The molecule has 0 radical (unpaired) electrons. The number of hydrogen-bond donors (Lipinski definition) is 0. The van der Waals surface area contributed by atoms with E-state index in [1.54, 1.807) is 0 Å².